The van der Waals surface area contributed by atoms with E-state index in [1.54, 1.807) is 20.8 Å². The third-order valence-corrected chi connectivity index (χ3v) is 3.68. The zero-order valence-corrected chi connectivity index (χ0v) is 11.4. The molecule has 0 aromatic heterocycles. The summed E-state index contributed by atoms with van der Waals surface area (Å²) in [6.45, 7) is 5.92. The molecule has 1 atom stereocenters. The van der Waals surface area contributed by atoms with Gasteiger partial charge in [0.05, 0.1) is 5.92 Å². The van der Waals surface area contributed by atoms with E-state index in [1.165, 1.54) is 4.90 Å². The van der Waals surface area contributed by atoms with Crippen LogP contribution >= 0.6 is 0 Å². The zero-order valence-electron chi connectivity index (χ0n) is 11.4. The normalized spacial score (nSPS) is 25.3. The minimum absolute atomic E-state index is 0.0313. The largest absolute Gasteiger partial charge is 0.481 e. The maximum Gasteiger partial charge on any atom is 0.410 e. The SMILES string of the molecule is CC(C)(C)OC(=O)N1CC2(CC(=O)C[C@H]2C(=O)O)C1. The van der Waals surface area contributed by atoms with Gasteiger partial charge in [0.2, 0.25) is 0 Å². The molecule has 106 valence electrons. The van der Waals surface area contributed by atoms with Gasteiger partial charge in [0.15, 0.2) is 0 Å². The number of rotatable bonds is 1. The van der Waals surface area contributed by atoms with Crippen molar-refractivity contribution in [3.8, 4) is 0 Å². The van der Waals surface area contributed by atoms with Gasteiger partial charge in [-0.15, -0.1) is 0 Å². The Hall–Kier alpha value is -1.59. The van der Waals surface area contributed by atoms with Crippen LogP contribution in [0.3, 0.4) is 0 Å². The molecule has 0 bridgehead atoms. The Morgan fingerprint density at radius 1 is 1.37 bits per heavy atom. The summed E-state index contributed by atoms with van der Waals surface area (Å²) < 4.78 is 5.22. The highest BCUT2D eigenvalue weighted by atomic mass is 16.6. The number of carboxylic acids is 1. The van der Waals surface area contributed by atoms with E-state index in [2.05, 4.69) is 0 Å². The molecule has 0 radical (unpaired) electrons. The highest BCUT2D eigenvalue weighted by Gasteiger charge is 2.58. The fourth-order valence-electron chi connectivity index (χ4n) is 2.88. The van der Waals surface area contributed by atoms with Gasteiger partial charge in [0, 0.05) is 31.3 Å². The second-order valence-electron chi connectivity index (χ2n) is 6.51. The van der Waals surface area contributed by atoms with Crippen LogP contribution in [0.4, 0.5) is 4.79 Å². The first-order chi connectivity index (χ1) is 8.63. The molecule has 6 heteroatoms. The Labute approximate surface area is 111 Å². The lowest BCUT2D eigenvalue weighted by molar-refractivity contribution is -0.151. The summed E-state index contributed by atoms with van der Waals surface area (Å²) in [7, 11) is 0. The van der Waals surface area contributed by atoms with Crippen molar-refractivity contribution in [2.24, 2.45) is 11.3 Å². The van der Waals surface area contributed by atoms with E-state index in [1.807, 2.05) is 0 Å². The molecule has 2 fully saturated rings. The van der Waals surface area contributed by atoms with Crippen molar-refractivity contribution >= 4 is 17.8 Å². The van der Waals surface area contributed by atoms with Crippen LogP contribution in [-0.2, 0) is 14.3 Å². The van der Waals surface area contributed by atoms with E-state index in [9.17, 15) is 14.4 Å². The topological polar surface area (TPSA) is 83.9 Å². The monoisotopic (exact) mass is 269 g/mol. The molecule has 2 rings (SSSR count). The zero-order chi connectivity index (χ0) is 14.4. The van der Waals surface area contributed by atoms with Crippen molar-refractivity contribution < 1.29 is 24.2 Å². The van der Waals surface area contributed by atoms with Gasteiger partial charge in [-0.3, -0.25) is 9.59 Å². The summed E-state index contributed by atoms with van der Waals surface area (Å²) in [6, 6.07) is 0. The lowest BCUT2D eigenvalue weighted by Gasteiger charge is -2.49. The molecule has 1 amide bonds. The van der Waals surface area contributed by atoms with Crippen molar-refractivity contribution in [3.63, 3.8) is 0 Å². The molecule has 2 aliphatic rings. The van der Waals surface area contributed by atoms with Gasteiger partial charge in [0.1, 0.15) is 11.4 Å². The highest BCUT2D eigenvalue weighted by Crippen LogP contribution is 2.48. The van der Waals surface area contributed by atoms with E-state index >= 15 is 0 Å². The molecule has 1 N–H and O–H groups in total. The average molecular weight is 269 g/mol. The minimum Gasteiger partial charge on any atom is -0.481 e. The molecule has 1 saturated carbocycles. The van der Waals surface area contributed by atoms with Gasteiger partial charge in [0.25, 0.3) is 0 Å². The number of hydrogen-bond donors (Lipinski definition) is 1. The molecule has 0 aromatic rings. The number of Topliss-reactive ketones (excluding diaryl/α,β-unsaturated/α-hetero) is 1. The summed E-state index contributed by atoms with van der Waals surface area (Å²) in [5.41, 5.74) is -1.14. The molecule has 1 heterocycles. The number of carboxylic acid groups (broad SMARTS) is 1. The van der Waals surface area contributed by atoms with Gasteiger partial charge >= 0.3 is 12.1 Å². The first kappa shape index (κ1) is 13.8. The summed E-state index contributed by atoms with van der Waals surface area (Å²) in [5.74, 6) is -1.65. The lowest BCUT2D eigenvalue weighted by atomic mass is 9.71. The molecule has 19 heavy (non-hydrogen) atoms. The van der Waals surface area contributed by atoms with Crippen LogP contribution in [0.2, 0.25) is 0 Å². The Balaban J connectivity index is 1.99. The fourth-order valence-corrected chi connectivity index (χ4v) is 2.88. The van der Waals surface area contributed by atoms with Gasteiger partial charge in [-0.05, 0) is 20.8 Å². The number of carbonyl (C=O) groups excluding carboxylic acids is 2. The fraction of sp³-hybridized carbons (Fsp3) is 0.769. The molecular formula is C13H19NO5. The quantitative estimate of drug-likeness (QED) is 0.775. The summed E-state index contributed by atoms with van der Waals surface area (Å²) in [4.78, 5) is 35.9. The van der Waals surface area contributed by atoms with E-state index in [0.29, 0.717) is 13.1 Å². The smallest absolute Gasteiger partial charge is 0.410 e. The predicted molar refractivity (Wildman–Crippen MR) is 65.6 cm³/mol. The number of ether oxygens (including phenoxy) is 1. The third-order valence-electron chi connectivity index (χ3n) is 3.68. The number of hydrogen-bond acceptors (Lipinski definition) is 4. The standard InChI is InChI=1S/C13H19NO5/c1-12(2,3)19-11(18)14-6-13(7-14)5-8(15)4-9(13)10(16)17/h9H,4-7H2,1-3H3,(H,16,17)/t9-/m0/s1. The Morgan fingerprint density at radius 2 is 1.95 bits per heavy atom. The van der Waals surface area contributed by atoms with Crippen molar-refractivity contribution in [1.29, 1.82) is 0 Å². The van der Waals surface area contributed by atoms with Crippen LogP contribution in [0.15, 0.2) is 0 Å². The maximum atomic E-state index is 11.8. The first-order valence-corrected chi connectivity index (χ1v) is 6.35. The number of ketones is 1. The molecule has 1 aliphatic heterocycles. The lowest BCUT2D eigenvalue weighted by Crippen LogP contribution is -2.61. The molecule has 0 aromatic carbocycles. The number of aliphatic carboxylic acids is 1. The van der Waals surface area contributed by atoms with E-state index in [0.717, 1.165) is 0 Å². The van der Waals surface area contributed by atoms with Crippen LogP contribution in [0.5, 0.6) is 0 Å². The van der Waals surface area contributed by atoms with Crippen molar-refractivity contribution in [2.75, 3.05) is 13.1 Å². The number of nitrogens with zero attached hydrogens (tertiary/aromatic N) is 1. The minimum atomic E-state index is -0.949. The molecule has 1 saturated heterocycles. The summed E-state index contributed by atoms with van der Waals surface area (Å²) >= 11 is 0. The maximum absolute atomic E-state index is 11.8. The van der Waals surface area contributed by atoms with Crippen molar-refractivity contribution in [3.05, 3.63) is 0 Å². The number of amides is 1. The number of carbonyl (C=O) groups is 3. The second kappa shape index (κ2) is 4.21. The predicted octanol–water partition coefficient (Wildman–Crippen LogP) is 1.29. The molecule has 0 unspecified atom stereocenters. The van der Waals surface area contributed by atoms with Crippen molar-refractivity contribution in [1.82, 2.24) is 4.90 Å². The van der Waals surface area contributed by atoms with Crippen LogP contribution in [0, 0.1) is 11.3 Å². The third kappa shape index (κ3) is 2.57. The van der Waals surface area contributed by atoms with E-state index in [-0.39, 0.29) is 18.6 Å². The summed E-state index contributed by atoms with van der Waals surface area (Å²) in [5, 5.41) is 9.16. The highest BCUT2D eigenvalue weighted by molar-refractivity contribution is 5.90. The average Bonchev–Trinajstić information content (AvgIpc) is 2.50. The summed E-state index contributed by atoms with van der Waals surface area (Å²) in [6.07, 6.45) is -0.109. The Kier molecular flexibility index (Phi) is 3.07. The number of likely N-dealkylation sites (tertiary alicyclic amines) is 1. The molecular weight excluding hydrogens is 250 g/mol. The van der Waals surface area contributed by atoms with Crippen LogP contribution in [-0.4, -0.2) is 46.5 Å². The molecule has 6 nitrogen and oxygen atoms in total. The van der Waals surface area contributed by atoms with Crippen LogP contribution < -0.4 is 0 Å². The van der Waals surface area contributed by atoms with Crippen molar-refractivity contribution in [2.45, 2.75) is 39.2 Å². The van der Waals surface area contributed by atoms with Gasteiger partial charge in [-0.2, -0.15) is 0 Å². The first-order valence-electron chi connectivity index (χ1n) is 6.35. The van der Waals surface area contributed by atoms with E-state index < -0.39 is 29.0 Å². The van der Waals surface area contributed by atoms with Gasteiger partial charge in [-0.25, -0.2) is 4.79 Å². The van der Waals surface area contributed by atoms with Crippen LogP contribution in [0.25, 0.3) is 0 Å². The van der Waals surface area contributed by atoms with Crippen LogP contribution in [0.1, 0.15) is 33.6 Å². The molecule has 1 aliphatic carbocycles. The van der Waals surface area contributed by atoms with E-state index in [4.69, 9.17) is 9.84 Å². The molecule has 1 spiro atoms. The Bertz CT molecular complexity index is 431. The van der Waals surface area contributed by atoms with Gasteiger partial charge < -0.3 is 14.7 Å². The second-order valence-corrected chi connectivity index (χ2v) is 6.51. The Morgan fingerprint density at radius 3 is 2.42 bits per heavy atom. The van der Waals surface area contributed by atoms with Gasteiger partial charge in [-0.1, -0.05) is 0 Å².